The molecule has 2 aromatic rings. The van der Waals surface area contributed by atoms with Crippen LogP contribution in [0, 0.1) is 11.8 Å². The molecule has 1 aliphatic rings. The van der Waals surface area contributed by atoms with Crippen LogP contribution in [0.2, 0.25) is 0 Å². The van der Waals surface area contributed by atoms with Crippen molar-refractivity contribution in [3.8, 4) is 11.8 Å². The Morgan fingerprint density at radius 2 is 2.21 bits per heavy atom. The zero-order valence-corrected chi connectivity index (χ0v) is 19.4. The van der Waals surface area contributed by atoms with Crippen LogP contribution in [0.4, 0.5) is 10.5 Å². The summed E-state index contributed by atoms with van der Waals surface area (Å²) in [6, 6.07) is 7.79. The fourth-order valence-corrected chi connectivity index (χ4v) is 3.41. The summed E-state index contributed by atoms with van der Waals surface area (Å²) >= 11 is 0. The first-order valence-corrected chi connectivity index (χ1v) is 10.8. The Morgan fingerprint density at radius 3 is 2.88 bits per heavy atom. The van der Waals surface area contributed by atoms with Crippen LogP contribution in [0.25, 0.3) is 0 Å². The van der Waals surface area contributed by atoms with Crippen LogP contribution >= 0.6 is 0 Å². The molecule has 9 heteroatoms. The molecule has 0 aliphatic carbocycles. The van der Waals surface area contributed by atoms with Gasteiger partial charge in [-0.2, -0.15) is 10.2 Å². The van der Waals surface area contributed by atoms with Gasteiger partial charge in [-0.25, -0.2) is 9.79 Å². The highest BCUT2D eigenvalue weighted by molar-refractivity contribution is 6.01. The van der Waals surface area contributed by atoms with E-state index in [4.69, 9.17) is 5.73 Å². The van der Waals surface area contributed by atoms with Gasteiger partial charge >= 0.3 is 6.03 Å². The fraction of sp³-hybridized carbons (Fsp3) is 0.320. The summed E-state index contributed by atoms with van der Waals surface area (Å²) in [6.07, 6.45) is 5.69. The number of rotatable bonds is 4. The number of hydrogen-bond donors (Lipinski definition) is 3. The molecule has 1 aromatic heterocycles. The Bertz CT molecular complexity index is 1170. The molecule has 2 heterocycles. The average Bonchev–Trinajstić information content (AvgIpc) is 2.92. The number of carbonyl (C=O) groups excluding carboxylic acids is 2. The maximum Gasteiger partial charge on any atom is 0.341 e. The van der Waals surface area contributed by atoms with E-state index in [1.54, 1.807) is 39.2 Å². The van der Waals surface area contributed by atoms with Crippen LogP contribution in [0.3, 0.4) is 0 Å². The van der Waals surface area contributed by atoms with Gasteiger partial charge < -0.3 is 21.1 Å². The minimum Gasteiger partial charge on any atom is -0.404 e. The molecular formula is C25H28N6O3. The first-order valence-electron chi connectivity index (χ1n) is 10.8. The van der Waals surface area contributed by atoms with Gasteiger partial charge in [0.1, 0.15) is 11.6 Å². The Hall–Kier alpha value is -4.03. The number of benzene rings is 1. The molecule has 9 nitrogen and oxygen atoms in total. The van der Waals surface area contributed by atoms with Gasteiger partial charge in [-0.15, -0.1) is 0 Å². The quantitative estimate of drug-likeness (QED) is 0.470. The highest BCUT2D eigenvalue weighted by Crippen LogP contribution is 2.27. The summed E-state index contributed by atoms with van der Waals surface area (Å²) in [4.78, 5) is 30.9. The second-order valence-electron chi connectivity index (χ2n) is 8.48. The van der Waals surface area contributed by atoms with Crippen molar-refractivity contribution in [2.45, 2.75) is 44.8 Å². The van der Waals surface area contributed by atoms with Crippen LogP contribution in [0.15, 0.2) is 53.3 Å². The molecule has 1 aliphatic heterocycles. The third-order valence-corrected chi connectivity index (χ3v) is 5.16. The standard InChI is InChI=1S/C25H28N6O3/c1-25(2,34)11-10-17-6-7-19-8-9-21(23(32)31(3)22(19)14-17)29-24(33)27-16-18(15-26)13-20-5-4-12-28-30-20/h4-7,12,14-16,21,34H,8-9,13,26H2,1-3H3,(H,29,33)/t21-/m1/s1. The number of aromatic nitrogens is 2. The lowest BCUT2D eigenvalue weighted by atomic mass is 10.0. The number of allylic oxidation sites excluding steroid dienone is 1. The number of fused-ring (bicyclic) bond motifs is 1. The highest BCUT2D eigenvalue weighted by atomic mass is 16.3. The number of nitrogens with zero attached hydrogens (tertiary/aromatic N) is 4. The van der Waals surface area contributed by atoms with Gasteiger partial charge in [0.05, 0.1) is 5.69 Å². The van der Waals surface area contributed by atoms with Crippen LogP contribution in [0.5, 0.6) is 0 Å². The molecule has 176 valence electrons. The van der Waals surface area contributed by atoms with Crippen LogP contribution in [0.1, 0.15) is 37.1 Å². The zero-order valence-electron chi connectivity index (χ0n) is 19.4. The van der Waals surface area contributed by atoms with Crippen molar-refractivity contribution >= 4 is 23.8 Å². The molecule has 0 saturated carbocycles. The van der Waals surface area contributed by atoms with E-state index in [-0.39, 0.29) is 5.91 Å². The molecule has 1 atom stereocenters. The largest absolute Gasteiger partial charge is 0.404 e. The summed E-state index contributed by atoms with van der Waals surface area (Å²) in [5.41, 5.74) is 8.20. The van der Waals surface area contributed by atoms with Gasteiger partial charge in [-0.3, -0.25) is 4.79 Å². The van der Waals surface area contributed by atoms with Crippen molar-refractivity contribution in [2.75, 3.05) is 11.9 Å². The number of likely N-dealkylation sites (N-methyl/N-ethyl adjacent to an activating group) is 1. The van der Waals surface area contributed by atoms with Crippen molar-refractivity contribution in [3.63, 3.8) is 0 Å². The molecule has 0 saturated heterocycles. The number of anilines is 1. The number of amides is 3. The third-order valence-electron chi connectivity index (χ3n) is 5.16. The van der Waals surface area contributed by atoms with E-state index in [1.165, 1.54) is 17.3 Å². The number of carbonyl (C=O) groups is 2. The SMILES string of the molecule is CN1C(=O)[C@H](NC(=O)N=CC(=CN)Cc2cccnn2)CCc2ccc(C#CC(C)(C)O)cc21. The molecule has 4 N–H and O–H groups in total. The van der Waals surface area contributed by atoms with Crippen LogP contribution < -0.4 is 16.0 Å². The molecule has 0 spiro atoms. The summed E-state index contributed by atoms with van der Waals surface area (Å²) in [5, 5.41) is 20.3. The average molecular weight is 461 g/mol. The number of aliphatic hydroxyl groups is 1. The van der Waals surface area contributed by atoms with Crippen molar-refractivity contribution in [1.82, 2.24) is 15.5 Å². The predicted molar refractivity (Wildman–Crippen MR) is 130 cm³/mol. The zero-order chi connectivity index (χ0) is 24.7. The fourth-order valence-electron chi connectivity index (χ4n) is 3.41. The molecule has 34 heavy (non-hydrogen) atoms. The van der Waals surface area contributed by atoms with E-state index in [2.05, 4.69) is 32.3 Å². The Balaban J connectivity index is 1.68. The summed E-state index contributed by atoms with van der Waals surface area (Å²) < 4.78 is 0. The molecule has 0 radical (unpaired) electrons. The minimum atomic E-state index is -1.11. The number of urea groups is 1. The third kappa shape index (κ3) is 6.73. The molecule has 0 fully saturated rings. The maximum atomic E-state index is 13.0. The van der Waals surface area contributed by atoms with Gasteiger partial charge in [-0.05, 0) is 68.3 Å². The topological polar surface area (TPSA) is 134 Å². The van der Waals surface area contributed by atoms with Gasteiger partial charge in [0, 0.05) is 37.1 Å². The van der Waals surface area contributed by atoms with Gasteiger partial charge in [0.15, 0.2) is 0 Å². The van der Waals surface area contributed by atoms with Gasteiger partial charge in [0.2, 0.25) is 5.91 Å². The lowest BCUT2D eigenvalue weighted by Crippen LogP contribution is -2.46. The summed E-state index contributed by atoms with van der Waals surface area (Å²) in [7, 11) is 1.66. The number of nitrogens with one attached hydrogen (secondary N) is 1. The van der Waals surface area contributed by atoms with Crippen LogP contribution in [-0.2, 0) is 17.6 Å². The van der Waals surface area contributed by atoms with Crippen molar-refractivity contribution < 1.29 is 14.7 Å². The Morgan fingerprint density at radius 1 is 1.41 bits per heavy atom. The van der Waals surface area contributed by atoms with Gasteiger partial charge in [-0.1, -0.05) is 17.9 Å². The number of hydrogen-bond acceptors (Lipinski definition) is 6. The highest BCUT2D eigenvalue weighted by Gasteiger charge is 2.29. The lowest BCUT2D eigenvalue weighted by Gasteiger charge is -2.21. The van der Waals surface area contributed by atoms with Crippen LogP contribution in [-0.4, -0.2) is 52.1 Å². The first-order chi connectivity index (χ1) is 16.2. The Labute approximate surface area is 198 Å². The lowest BCUT2D eigenvalue weighted by molar-refractivity contribution is -0.120. The maximum absolute atomic E-state index is 13.0. The second kappa shape index (κ2) is 10.7. The van der Waals surface area contributed by atoms with Crippen molar-refractivity contribution in [1.29, 1.82) is 0 Å². The normalized spacial score (nSPS) is 16.5. The monoisotopic (exact) mass is 460 g/mol. The Kier molecular flexibility index (Phi) is 7.76. The molecule has 0 bridgehead atoms. The second-order valence-corrected chi connectivity index (χ2v) is 8.48. The van der Waals surface area contributed by atoms with E-state index >= 15 is 0 Å². The molecule has 3 amide bonds. The smallest absolute Gasteiger partial charge is 0.341 e. The van der Waals surface area contributed by atoms with Crippen molar-refractivity contribution in [2.24, 2.45) is 10.7 Å². The first kappa shape index (κ1) is 24.6. The minimum absolute atomic E-state index is 0.246. The van der Waals surface area contributed by atoms with E-state index in [0.29, 0.717) is 36.1 Å². The summed E-state index contributed by atoms with van der Waals surface area (Å²) in [6.45, 7) is 3.22. The number of nitrogens with two attached hydrogens (primary N) is 1. The van der Waals surface area contributed by atoms with E-state index < -0.39 is 17.7 Å². The number of aryl methyl sites for hydroxylation is 1. The van der Waals surface area contributed by atoms with E-state index in [1.807, 2.05) is 18.2 Å². The van der Waals surface area contributed by atoms with E-state index in [9.17, 15) is 14.7 Å². The predicted octanol–water partition coefficient (Wildman–Crippen LogP) is 1.74. The molecular weight excluding hydrogens is 432 g/mol. The van der Waals surface area contributed by atoms with Crippen molar-refractivity contribution in [3.05, 3.63) is 65.1 Å². The molecule has 3 rings (SSSR count). The summed E-state index contributed by atoms with van der Waals surface area (Å²) in [5.74, 6) is 5.46. The van der Waals surface area contributed by atoms with E-state index in [0.717, 1.165) is 11.3 Å². The molecule has 1 aromatic carbocycles. The molecule has 0 unspecified atom stereocenters. The van der Waals surface area contributed by atoms with Gasteiger partial charge in [0.25, 0.3) is 0 Å². The number of aliphatic imine (C=N–C) groups is 1.